The van der Waals surface area contributed by atoms with E-state index in [4.69, 9.17) is 4.74 Å². The average molecular weight is 307 g/mol. The molecule has 1 amide bonds. The molecule has 1 rings (SSSR count). The van der Waals surface area contributed by atoms with Crippen molar-refractivity contribution < 1.29 is 66.5 Å². The predicted molar refractivity (Wildman–Crippen MR) is 54.8 cm³/mol. The van der Waals surface area contributed by atoms with Gasteiger partial charge in [-0.15, -0.1) is 0 Å². The topological polar surface area (TPSA) is 145 Å². The van der Waals surface area contributed by atoms with E-state index in [0.717, 1.165) is 0 Å². The molecule has 1 heterocycles. The Balaban J connectivity index is 0.00000324. The van der Waals surface area contributed by atoms with E-state index in [1.807, 2.05) is 0 Å². The second-order valence-electron chi connectivity index (χ2n) is 3.87. The number of carbonyl (C=O) groups is 1. The Hall–Kier alpha value is 0.220. The van der Waals surface area contributed by atoms with E-state index >= 15 is 0 Å². The number of hydrogen-bond acceptors (Lipinski definition) is 8. The van der Waals surface area contributed by atoms with Crippen LogP contribution in [-0.4, -0.2) is 60.2 Å². The molecule has 0 saturated carbocycles. The molecule has 3 N–H and O–H groups in total. The normalized spacial score (nSPS) is 31.4. The van der Waals surface area contributed by atoms with Crippen LogP contribution in [0.1, 0.15) is 13.3 Å². The number of rotatable bonds is 4. The monoisotopic (exact) mass is 307 g/mol. The number of aliphatic hydroxyl groups is 2. The molecule has 106 valence electrons. The standard InChI is InChI=1S/C8H15NO8S.Na/c1-4(10)9-7-6(11)2-5(17-8(7)12)3-16-18(13,14)15;/h5-8,11-12H,2-3H2,1H3,(H,9,10)(H,13,14,15);/q;+1/p-1/t5?,6-,7?,8-;/m1./s1. The largest absolute Gasteiger partial charge is 1.00 e. The van der Waals surface area contributed by atoms with Crippen molar-refractivity contribution in [3.05, 3.63) is 0 Å². The number of nitrogens with one attached hydrogen (secondary N) is 1. The SMILES string of the molecule is CC(=O)NC1[C@H](O)CC(COS(=O)(=O)[O-])O[C@H]1O.[Na+]. The van der Waals surface area contributed by atoms with E-state index in [1.165, 1.54) is 6.92 Å². The molecule has 0 bridgehead atoms. The van der Waals surface area contributed by atoms with Crippen LogP contribution >= 0.6 is 0 Å². The summed E-state index contributed by atoms with van der Waals surface area (Å²) in [5.41, 5.74) is 0. The van der Waals surface area contributed by atoms with E-state index < -0.39 is 47.5 Å². The molecule has 9 nitrogen and oxygen atoms in total. The zero-order chi connectivity index (χ0) is 13.9. The molecule has 0 radical (unpaired) electrons. The van der Waals surface area contributed by atoms with Gasteiger partial charge >= 0.3 is 29.6 Å². The van der Waals surface area contributed by atoms with E-state index in [0.29, 0.717) is 0 Å². The maximum Gasteiger partial charge on any atom is 1.00 e. The van der Waals surface area contributed by atoms with Gasteiger partial charge < -0.3 is 24.8 Å². The Bertz CT molecular complexity index is 390. The van der Waals surface area contributed by atoms with Gasteiger partial charge in [0.25, 0.3) is 0 Å². The fourth-order valence-corrected chi connectivity index (χ4v) is 1.93. The smallest absolute Gasteiger partial charge is 0.726 e. The number of aliphatic hydroxyl groups excluding tert-OH is 2. The number of carbonyl (C=O) groups excluding carboxylic acids is 1. The van der Waals surface area contributed by atoms with Crippen LogP contribution in [0.25, 0.3) is 0 Å². The minimum atomic E-state index is -4.85. The second kappa shape index (κ2) is 7.86. The summed E-state index contributed by atoms with van der Waals surface area (Å²) in [6.07, 6.45) is -3.69. The van der Waals surface area contributed by atoms with E-state index in [2.05, 4.69) is 9.50 Å². The van der Waals surface area contributed by atoms with Gasteiger partial charge in [0.05, 0.1) is 18.8 Å². The zero-order valence-electron chi connectivity index (χ0n) is 10.5. The zero-order valence-corrected chi connectivity index (χ0v) is 13.3. The van der Waals surface area contributed by atoms with Gasteiger partial charge in [-0.2, -0.15) is 0 Å². The molecule has 0 aliphatic carbocycles. The van der Waals surface area contributed by atoms with Crippen LogP contribution in [-0.2, 0) is 24.1 Å². The van der Waals surface area contributed by atoms with E-state index in [1.54, 1.807) is 0 Å². The molecule has 1 aliphatic heterocycles. The number of ether oxygens (including phenoxy) is 1. The summed E-state index contributed by atoms with van der Waals surface area (Å²) >= 11 is 0. The minimum Gasteiger partial charge on any atom is -0.726 e. The molecule has 2 unspecified atom stereocenters. The summed E-state index contributed by atoms with van der Waals surface area (Å²) in [7, 11) is -4.85. The summed E-state index contributed by atoms with van der Waals surface area (Å²) < 4.78 is 39.6. The van der Waals surface area contributed by atoms with Crippen molar-refractivity contribution in [3.8, 4) is 0 Å². The van der Waals surface area contributed by atoms with Crippen molar-refractivity contribution in [2.45, 2.75) is 37.9 Å². The molecule has 1 saturated heterocycles. The minimum absolute atomic E-state index is 0. The molecule has 19 heavy (non-hydrogen) atoms. The van der Waals surface area contributed by atoms with Gasteiger partial charge in [0.15, 0.2) is 6.29 Å². The first-order valence-electron chi connectivity index (χ1n) is 5.08. The summed E-state index contributed by atoms with van der Waals surface area (Å²) in [6.45, 7) is 0.603. The van der Waals surface area contributed by atoms with Crippen molar-refractivity contribution in [3.63, 3.8) is 0 Å². The molecular weight excluding hydrogens is 293 g/mol. The fraction of sp³-hybridized carbons (Fsp3) is 0.875. The Morgan fingerprint density at radius 2 is 2.11 bits per heavy atom. The van der Waals surface area contributed by atoms with Crippen LogP contribution in [0, 0.1) is 0 Å². The molecule has 1 aliphatic rings. The molecule has 1 fully saturated rings. The Labute approximate surface area is 132 Å². The van der Waals surface area contributed by atoms with Crippen molar-refractivity contribution in [1.82, 2.24) is 5.32 Å². The predicted octanol–water partition coefficient (Wildman–Crippen LogP) is -5.56. The third-order valence-electron chi connectivity index (χ3n) is 2.33. The molecule has 4 atom stereocenters. The first-order chi connectivity index (χ1) is 8.19. The van der Waals surface area contributed by atoms with Crippen LogP contribution in [0.4, 0.5) is 0 Å². The van der Waals surface area contributed by atoms with Crippen molar-refractivity contribution in [2.75, 3.05) is 6.61 Å². The van der Waals surface area contributed by atoms with Gasteiger partial charge in [-0.25, -0.2) is 8.42 Å². The molecule has 0 aromatic rings. The van der Waals surface area contributed by atoms with Crippen LogP contribution in [0.15, 0.2) is 0 Å². The van der Waals surface area contributed by atoms with Crippen molar-refractivity contribution >= 4 is 16.3 Å². The maximum atomic E-state index is 10.8. The second-order valence-corrected chi connectivity index (χ2v) is 4.92. The van der Waals surface area contributed by atoms with Crippen LogP contribution in [0.5, 0.6) is 0 Å². The van der Waals surface area contributed by atoms with E-state index in [9.17, 15) is 28.0 Å². The third-order valence-corrected chi connectivity index (χ3v) is 2.75. The molecule has 11 heteroatoms. The first-order valence-corrected chi connectivity index (χ1v) is 6.41. The fourth-order valence-electron chi connectivity index (χ4n) is 1.61. The van der Waals surface area contributed by atoms with Gasteiger partial charge in [0.1, 0.15) is 6.04 Å². The molecule has 0 spiro atoms. The molecule has 0 aromatic carbocycles. The summed E-state index contributed by atoms with van der Waals surface area (Å²) in [5, 5.41) is 21.4. The Kier molecular flexibility index (Phi) is 7.95. The first kappa shape index (κ1) is 19.2. The molecule has 0 aromatic heterocycles. The van der Waals surface area contributed by atoms with Gasteiger partial charge in [0.2, 0.25) is 16.3 Å². The average Bonchev–Trinajstić information content (AvgIpc) is 2.19. The molecular formula is C8H14NNaO8S. The third kappa shape index (κ3) is 6.97. The van der Waals surface area contributed by atoms with Crippen molar-refractivity contribution in [2.24, 2.45) is 0 Å². The van der Waals surface area contributed by atoms with E-state index in [-0.39, 0.29) is 36.0 Å². The summed E-state index contributed by atoms with van der Waals surface area (Å²) in [6, 6.07) is -1.01. The number of amides is 1. The Morgan fingerprint density at radius 1 is 1.53 bits per heavy atom. The van der Waals surface area contributed by atoms with Gasteiger partial charge in [0, 0.05) is 13.3 Å². The van der Waals surface area contributed by atoms with Gasteiger partial charge in [-0.05, 0) is 0 Å². The van der Waals surface area contributed by atoms with Crippen molar-refractivity contribution in [1.29, 1.82) is 0 Å². The van der Waals surface area contributed by atoms with Crippen LogP contribution in [0.2, 0.25) is 0 Å². The van der Waals surface area contributed by atoms with Gasteiger partial charge in [-0.1, -0.05) is 0 Å². The van der Waals surface area contributed by atoms with Crippen LogP contribution in [0.3, 0.4) is 0 Å². The maximum absolute atomic E-state index is 10.8. The summed E-state index contributed by atoms with van der Waals surface area (Å²) in [5.74, 6) is -0.460. The summed E-state index contributed by atoms with van der Waals surface area (Å²) in [4.78, 5) is 10.8. The Morgan fingerprint density at radius 3 is 2.53 bits per heavy atom. The van der Waals surface area contributed by atoms with Crippen LogP contribution < -0.4 is 34.9 Å². The quantitative estimate of drug-likeness (QED) is 0.265. The number of hydrogen-bond donors (Lipinski definition) is 3. The van der Waals surface area contributed by atoms with Gasteiger partial charge in [-0.3, -0.25) is 8.98 Å².